The number of urea groups is 1. The van der Waals surface area contributed by atoms with E-state index in [1.54, 1.807) is 20.9 Å². The van der Waals surface area contributed by atoms with Crippen LogP contribution >= 0.6 is 0 Å². The van der Waals surface area contributed by atoms with E-state index < -0.39 is 12.0 Å². The van der Waals surface area contributed by atoms with E-state index in [1.165, 1.54) is 58.3 Å². The van der Waals surface area contributed by atoms with E-state index in [1.807, 2.05) is 18.9 Å². The SMILES string of the molecule is C1CCNC1.C1CCNCC1.C=C(N)CN1CCCC1=O.C=CN1CCCC1=O.CCN1CCCC1=O.CN1CCCC1=O.O=C1CCCN1.O=C1CC[C@@H](C(=O)O)N1.O=C1NCCN1. The lowest BCUT2D eigenvalue weighted by Crippen LogP contribution is -2.32. The first-order chi connectivity index (χ1) is 31.2. The van der Waals surface area contributed by atoms with E-state index in [0.29, 0.717) is 49.7 Å². The zero-order chi connectivity index (χ0) is 48.2. The highest BCUT2D eigenvalue weighted by atomic mass is 16.4. The van der Waals surface area contributed by atoms with Crippen molar-refractivity contribution in [3.8, 4) is 0 Å². The van der Waals surface area contributed by atoms with E-state index >= 15 is 0 Å². The smallest absolute Gasteiger partial charge is 0.326 e. The van der Waals surface area contributed by atoms with Crippen LogP contribution in [0.5, 0.6) is 0 Å². The topological polar surface area (TPSA) is 268 Å². The van der Waals surface area contributed by atoms with Crippen LogP contribution in [-0.4, -0.2) is 170 Å². The maximum Gasteiger partial charge on any atom is 0.326 e. The molecule has 0 spiro atoms. The van der Waals surface area contributed by atoms with Crippen molar-refractivity contribution < 1.29 is 43.5 Å². The third-order valence-electron chi connectivity index (χ3n) is 10.8. The molecule has 9 saturated heterocycles. The van der Waals surface area contributed by atoms with Crippen molar-refractivity contribution in [2.75, 3.05) is 92.1 Å². The number of nitrogens with zero attached hydrogens (tertiary/aromatic N) is 4. The first-order valence-electron chi connectivity index (χ1n) is 23.5. The number of hydrogen-bond donors (Lipinski definition) is 8. The quantitative estimate of drug-likeness (QED) is 0.195. The summed E-state index contributed by atoms with van der Waals surface area (Å²) in [4.78, 5) is 90.5. The van der Waals surface area contributed by atoms with Gasteiger partial charge in [0.05, 0.1) is 6.54 Å². The van der Waals surface area contributed by atoms with Gasteiger partial charge in [0.15, 0.2) is 0 Å². The highest BCUT2D eigenvalue weighted by molar-refractivity contribution is 5.87. The van der Waals surface area contributed by atoms with Crippen LogP contribution in [0.15, 0.2) is 25.1 Å². The molecule has 9 fully saturated rings. The maximum atomic E-state index is 10.9. The third kappa shape index (κ3) is 29.0. The Balaban J connectivity index is 0.000000368. The van der Waals surface area contributed by atoms with Crippen molar-refractivity contribution >= 4 is 47.4 Å². The van der Waals surface area contributed by atoms with Crippen molar-refractivity contribution in [2.24, 2.45) is 5.73 Å². The van der Waals surface area contributed by atoms with Gasteiger partial charge >= 0.3 is 12.0 Å². The summed E-state index contributed by atoms with van der Waals surface area (Å²) in [6, 6.07) is -0.688. The molecule has 0 aromatic heterocycles. The normalized spacial score (nSPS) is 21.3. The second-order valence-electron chi connectivity index (χ2n) is 16.3. The van der Waals surface area contributed by atoms with Crippen molar-refractivity contribution in [1.29, 1.82) is 0 Å². The molecule has 9 aliphatic heterocycles. The van der Waals surface area contributed by atoms with Gasteiger partial charge in [-0.15, -0.1) is 0 Å². The molecule has 65 heavy (non-hydrogen) atoms. The van der Waals surface area contributed by atoms with Crippen LogP contribution < -0.4 is 37.6 Å². The van der Waals surface area contributed by atoms with Gasteiger partial charge in [-0.05, 0) is 104 Å². The van der Waals surface area contributed by atoms with E-state index in [4.69, 9.17) is 10.8 Å². The minimum Gasteiger partial charge on any atom is -0.480 e. The molecule has 0 aromatic carbocycles. The van der Waals surface area contributed by atoms with Gasteiger partial charge in [0.25, 0.3) is 0 Å². The second-order valence-corrected chi connectivity index (χ2v) is 16.3. The minimum atomic E-state index is -0.944. The number of aliphatic carboxylic acids is 1. The molecule has 9 rings (SSSR count). The Morgan fingerprint density at radius 2 is 1.15 bits per heavy atom. The maximum absolute atomic E-state index is 10.9. The van der Waals surface area contributed by atoms with Crippen LogP contribution in [0.2, 0.25) is 0 Å². The number of hydrogen-bond acceptors (Lipinski definition) is 11. The van der Waals surface area contributed by atoms with Gasteiger partial charge in [0.2, 0.25) is 35.4 Å². The summed E-state index contributed by atoms with van der Waals surface area (Å²) in [5.41, 5.74) is 5.91. The number of carbonyl (C=O) groups excluding carboxylic acids is 7. The molecule has 0 aromatic rings. The lowest BCUT2D eigenvalue weighted by Gasteiger charge is -2.13. The zero-order valence-corrected chi connectivity index (χ0v) is 39.4. The molecule has 9 aliphatic rings. The number of likely N-dealkylation sites (tertiary alicyclic amines) is 4. The molecule has 370 valence electrons. The average molecular weight is 920 g/mol. The third-order valence-corrected chi connectivity index (χ3v) is 10.8. The number of carboxylic acids is 1. The van der Waals surface area contributed by atoms with E-state index in [-0.39, 0.29) is 29.7 Å². The van der Waals surface area contributed by atoms with Crippen molar-refractivity contribution in [1.82, 2.24) is 51.5 Å². The number of rotatable bonds is 5. The summed E-state index contributed by atoms with van der Waals surface area (Å²) in [6.45, 7) is 21.6. The fourth-order valence-corrected chi connectivity index (χ4v) is 7.01. The standard InChI is InChI=1S/C7H12N2O.C6H11NO.C6H9NO.C5H7NO3.C5H9NO.C5H11N.C4H7NO.C4H9N.C3H6N2O/c1-6(8)5-9-4-2-3-7(9)10;2*1-2-7-5-3-4-6(7)8;7-4-2-1-3(6-4)5(8)9;1-6-4-2-3-5(6)7;1-2-4-6-5-3-1;6-4-2-1-3-5-4;1-2-4-5-3-1;6-3-4-1-2-5-3/h1-5,8H2;2-5H2,1H3;2H,1,3-5H2;3H,1-2H2,(H,6,7)(H,8,9);2-4H2,1H3;6H,1-5H2;1-3H2,(H,5,6);5H,1-4H2;1-2H2,(H2,4,5,6)/t;;;3-;;;;;/m...0...../s1. The van der Waals surface area contributed by atoms with Crippen molar-refractivity contribution in [3.63, 3.8) is 0 Å². The molecule has 0 bridgehead atoms. The van der Waals surface area contributed by atoms with Gasteiger partial charge < -0.3 is 62.3 Å². The minimum absolute atomic E-state index is 0.0463. The number of carbonyl (C=O) groups is 8. The first-order valence-corrected chi connectivity index (χ1v) is 23.5. The van der Waals surface area contributed by atoms with Crippen LogP contribution in [-0.2, 0) is 33.6 Å². The molecule has 9 N–H and O–H groups in total. The molecule has 0 radical (unpaired) electrons. The van der Waals surface area contributed by atoms with Crippen LogP contribution in [0.4, 0.5) is 4.79 Å². The van der Waals surface area contributed by atoms with Gasteiger partial charge in [0, 0.05) is 104 Å². The van der Waals surface area contributed by atoms with Crippen molar-refractivity contribution in [2.45, 2.75) is 122 Å². The molecular formula is C45H81N11O9. The first kappa shape index (κ1) is 57.8. The second kappa shape index (κ2) is 36.0. The fraction of sp³-hybridized carbons (Fsp3) is 0.733. The van der Waals surface area contributed by atoms with Crippen LogP contribution in [0, 0.1) is 0 Å². The highest BCUT2D eigenvalue weighted by Crippen LogP contribution is 2.10. The Labute approximate surface area is 386 Å². The fourth-order valence-electron chi connectivity index (χ4n) is 7.01. The number of amides is 8. The Kier molecular flexibility index (Phi) is 32.0. The summed E-state index contributed by atoms with van der Waals surface area (Å²) in [7, 11) is 1.84. The Bertz CT molecular complexity index is 1440. The van der Waals surface area contributed by atoms with Crippen LogP contribution in [0.25, 0.3) is 0 Å². The predicted octanol–water partition coefficient (Wildman–Crippen LogP) is 1.38. The number of carboxylic acid groups (broad SMARTS) is 1. The molecular weight excluding hydrogens is 839 g/mol. The molecule has 9 heterocycles. The van der Waals surface area contributed by atoms with E-state index in [2.05, 4.69) is 45.1 Å². The summed E-state index contributed by atoms with van der Waals surface area (Å²) in [6.07, 6.45) is 18.1. The lowest BCUT2D eigenvalue weighted by atomic mass is 10.2. The number of piperidine rings is 1. The Morgan fingerprint density at radius 1 is 0.631 bits per heavy atom. The summed E-state index contributed by atoms with van der Waals surface area (Å²) >= 11 is 0. The van der Waals surface area contributed by atoms with Gasteiger partial charge in [-0.25, -0.2) is 9.59 Å². The summed E-state index contributed by atoms with van der Waals surface area (Å²) < 4.78 is 0. The Morgan fingerprint density at radius 3 is 1.37 bits per heavy atom. The van der Waals surface area contributed by atoms with Gasteiger partial charge in [0.1, 0.15) is 6.04 Å². The van der Waals surface area contributed by atoms with Gasteiger partial charge in [-0.3, -0.25) is 28.8 Å². The largest absolute Gasteiger partial charge is 0.480 e. The number of nitrogens with two attached hydrogens (primary N) is 1. The predicted molar refractivity (Wildman–Crippen MR) is 250 cm³/mol. The number of nitrogens with one attached hydrogen (secondary N) is 6. The van der Waals surface area contributed by atoms with Crippen molar-refractivity contribution in [3.05, 3.63) is 25.1 Å². The zero-order valence-electron chi connectivity index (χ0n) is 39.4. The molecule has 8 amide bonds. The monoisotopic (exact) mass is 920 g/mol. The summed E-state index contributed by atoms with van der Waals surface area (Å²) in [5, 5.41) is 25.0. The van der Waals surface area contributed by atoms with Gasteiger partial charge in [-0.1, -0.05) is 19.6 Å². The molecule has 0 saturated carbocycles. The van der Waals surface area contributed by atoms with Gasteiger partial charge in [-0.2, -0.15) is 0 Å². The van der Waals surface area contributed by atoms with Crippen LogP contribution in [0.1, 0.15) is 116 Å². The molecule has 1 atom stereocenters. The van der Waals surface area contributed by atoms with E-state index in [0.717, 1.165) is 104 Å². The molecule has 20 heteroatoms. The average Bonchev–Trinajstić information content (AvgIpc) is 4.13. The summed E-state index contributed by atoms with van der Waals surface area (Å²) in [5.74, 6) is 0.123. The Hall–Kier alpha value is -5.24. The van der Waals surface area contributed by atoms with Crippen LogP contribution in [0.3, 0.4) is 0 Å². The molecule has 0 aliphatic carbocycles. The van der Waals surface area contributed by atoms with E-state index in [9.17, 15) is 38.4 Å². The molecule has 20 nitrogen and oxygen atoms in total. The molecule has 0 unspecified atom stereocenters. The highest BCUT2D eigenvalue weighted by Gasteiger charge is 2.26. The lowest BCUT2D eigenvalue weighted by molar-refractivity contribution is -0.140.